The highest BCUT2D eigenvalue weighted by Crippen LogP contribution is 2.31. The molecule has 1 fully saturated rings. The molecule has 0 aromatic carbocycles. The minimum absolute atomic E-state index is 0.271. The second-order valence-corrected chi connectivity index (χ2v) is 9.44. The number of ether oxygens (including phenoxy) is 1. The van der Waals surface area contributed by atoms with Gasteiger partial charge in [0.1, 0.15) is 11.6 Å². The number of nitrogens with one attached hydrogen (secondary N) is 2. The standard InChI is InChI=1S/C17H31N3O4.C6H8O7/c1-5-24-16(23)17(8-6-7-9-17)20-14(21)12(4)19-15(22)13(18)10-11(2)3;7-3(8)1-6(13,5(11)12)2-4(9)10/h11-13H,5-10,18H2,1-4H3,(H,19,22)(H,20,21);13H,1-2H2,(H,7,8)(H,9,10)(H,11,12)/t12-,13-;/m0./s1. The average molecular weight is 534 g/mol. The molecule has 1 aliphatic rings. The number of aliphatic carboxylic acids is 3. The first-order valence-corrected chi connectivity index (χ1v) is 11.9. The van der Waals surface area contributed by atoms with E-state index in [9.17, 15) is 28.8 Å². The van der Waals surface area contributed by atoms with Crippen LogP contribution in [0, 0.1) is 5.92 Å². The van der Waals surface area contributed by atoms with Gasteiger partial charge in [-0.15, -0.1) is 0 Å². The molecular weight excluding hydrogens is 494 g/mol. The Morgan fingerprint density at radius 1 is 0.946 bits per heavy atom. The fourth-order valence-corrected chi connectivity index (χ4v) is 3.69. The number of carbonyl (C=O) groups excluding carboxylic acids is 3. The van der Waals surface area contributed by atoms with Crippen molar-refractivity contribution in [1.29, 1.82) is 0 Å². The van der Waals surface area contributed by atoms with Crippen LogP contribution in [0.5, 0.6) is 0 Å². The second kappa shape index (κ2) is 15.1. The van der Waals surface area contributed by atoms with Gasteiger partial charge in [-0.1, -0.05) is 26.7 Å². The van der Waals surface area contributed by atoms with Gasteiger partial charge in [0.15, 0.2) is 5.60 Å². The van der Waals surface area contributed by atoms with Crippen molar-refractivity contribution < 1.29 is 53.9 Å². The maximum Gasteiger partial charge on any atom is 0.336 e. The molecule has 212 valence electrons. The van der Waals surface area contributed by atoms with E-state index in [1.807, 2.05) is 13.8 Å². The van der Waals surface area contributed by atoms with Crippen LogP contribution in [0.1, 0.15) is 72.6 Å². The Morgan fingerprint density at radius 2 is 1.43 bits per heavy atom. The van der Waals surface area contributed by atoms with E-state index in [0.717, 1.165) is 12.8 Å². The number of hydrogen-bond donors (Lipinski definition) is 7. The number of aliphatic hydroxyl groups is 1. The Labute approximate surface area is 214 Å². The molecule has 0 aromatic heterocycles. The average Bonchev–Trinajstić information content (AvgIpc) is 3.22. The van der Waals surface area contributed by atoms with Crippen molar-refractivity contribution in [2.45, 2.75) is 95.9 Å². The minimum Gasteiger partial charge on any atom is -0.481 e. The van der Waals surface area contributed by atoms with Crippen molar-refractivity contribution in [1.82, 2.24) is 10.6 Å². The molecule has 14 nitrogen and oxygen atoms in total. The summed E-state index contributed by atoms with van der Waals surface area (Å²) in [6, 6.07) is -1.41. The summed E-state index contributed by atoms with van der Waals surface area (Å²) in [6.45, 7) is 7.55. The van der Waals surface area contributed by atoms with E-state index in [1.54, 1.807) is 13.8 Å². The van der Waals surface area contributed by atoms with E-state index >= 15 is 0 Å². The maximum atomic E-state index is 12.4. The predicted octanol–water partition coefficient (Wildman–Crippen LogP) is -0.392. The molecule has 0 heterocycles. The fraction of sp³-hybridized carbons (Fsp3) is 0.739. The summed E-state index contributed by atoms with van der Waals surface area (Å²) in [5.41, 5.74) is 2.12. The van der Waals surface area contributed by atoms with E-state index in [1.165, 1.54) is 0 Å². The molecule has 0 aliphatic heterocycles. The zero-order valence-electron chi connectivity index (χ0n) is 21.6. The highest BCUT2D eigenvalue weighted by atomic mass is 16.5. The van der Waals surface area contributed by atoms with E-state index in [2.05, 4.69) is 10.6 Å². The number of esters is 1. The number of nitrogens with two attached hydrogens (primary N) is 1. The minimum atomic E-state index is -2.74. The largest absolute Gasteiger partial charge is 0.481 e. The number of carboxylic acids is 3. The third kappa shape index (κ3) is 11.6. The summed E-state index contributed by atoms with van der Waals surface area (Å²) in [6.07, 6.45) is 1.10. The number of carbonyl (C=O) groups is 6. The molecule has 2 amide bonds. The van der Waals surface area contributed by atoms with Crippen molar-refractivity contribution in [3.05, 3.63) is 0 Å². The molecule has 2 atom stereocenters. The van der Waals surface area contributed by atoms with Crippen molar-refractivity contribution in [2.75, 3.05) is 6.61 Å². The number of hydrogen-bond acceptors (Lipinski definition) is 9. The van der Waals surface area contributed by atoms with Gasteiger partial charge in [0.25, 0.3) is 0 Å². The van der Waals surface area contributed by atoms with Gasteiger partial charge in [0.05, 0.1) is 25.5 Å². The lowest BCUT2D eigenvalue weighted by atomic mass is 9.96. The van der Waals surface area contributed by atoms with Crippen LogP contribution in [0.2, 0.25) is 0 Å². The summed E-state index contributed by atoms with van der Waals surface area (Å²) in [5.74, 6) is -5.88. The van der Waals surface area contributed by atoms with Gasteiger partial charge < -0.3 is 41.5 Å². The third-order valence-corrected chi connectivity index (χ3v) is 5.59. The van der Waals surface area contributed by atoms with Gasteiger partial charge in [-0.25, -0.2) is 9.59 Å². The smallest absolute Gasteiger partial charge is 0.336 e. The molecule has 0 saturated heterocycles. The summed E-state index contributed by atoms with van der Waals surface area (Å²) in [7, 11) is 0. The van der Waals surface area contributed by atoms with Crippen molar-refractivity contribution in [2.24, 2.45) is 11.7 Å². The molecule has 0 radical (unpaired) electrons. The van der Waals surface area contributed by atoms with Crippen LogP contribution in [0.4, 0.5) is 0 Å². The first-order chi connectivity index (χ1) is 17.0. The van der Waals surface area contributed by atoms with Crippen LogP contribution in [-0.2, 0) is 33.5 Å². The number of amides is 2. The molecule has 37 heavy (non-hydrogen) atoms. The van der Waals surface area contributed by atoms with Gasteiger partial charge in [-0.2, -0.15) is 0 Å². The quantitative estimate of drug-likeness (QED) is 0.150. The van der Waals surface area contributed by atoms with Gasteiger partial charge in [0.2, 0.25) is 11.8 Å². The van der Waals surface area contributed by atoms with Gasteiger partial charge in [-0.05, 0) is 39.0 Å². The normalized spacial score (nSPS) is 16.0. The number of rotatable bonds is 13. The molecular formula is C23H39N3O11. The topological polar surface area (TPSA) is 243 Å². The third-order valence-electron chi connectivity index (χ3n) is 5.59. The molecule has 0 spiro atoms. The van der Waals surface area contributed by atoms with Crippen LogP contribution >= 0.6 is 0 Å². The molecule has 8 N–H and O–H groups in total. The lowest BCUT2D eigenvalue weighted by Gasteiger charge is -2.29. The first-order valence-electron chi connectivity index (χ1n) is 11.9. The molecule has 0 aromatic rings. The first kappa shape index (κ1) is 33.7. The second-order valence-electron chi connectivity index (χ2n) is 9.44. The summed E-state index contributed by atoms with van der Waals surface area (Å²) in [4.78, 5) is 67.2. The van der Waals surface area contributed by atoms with Gasteiger partial charge in [-0.3, -0.25) is 19.2 Å². The Bertz CT molecular complexity index is 822. The van der Waals surface area contributed by atoms with E-state index < -0.39 is 65.8 Å². The van der Waals surface area contributed by atoms with Crippen LogP contribution in [-0.4, -0.2) is 85.9 Å². The summed E-state index contributed by atoms with van der Waals surface area (Å²) in [5, 5.41) is 39.2. The number of carboxylic acid groups (broad SMARTS) is 3. The molecule has 14 heteroatoms. The van der Waals surface area contributed by atoms with E-state index in [0.29, 0.717) is 25.2 Å². The van der Waals surface area contributed by atoms with Gasteiger partial charge >= 0.3 is 23.9 Å². The van der Waals surface area contributed by atoms with Crippen LogP contribution in [0.3, 0.4) is 0 Å². The molecule has 0 bridgehead atoms. The fourth-order valence-electron chi connectivity index (χ4n) is 3.69. The highest BCUT2D eigenvalue weighted by molar-refractivity contribution is 5.93. The lowest BCUT2D eigenvalue weighted by molar-refractivity contribution is -0.170. The van der Waals surface area contributed by atoms with E-state index in [4.69, 9.17) is 30.9 Å². The Hall–Kier alpha value is -3.26. The SMILES string of the molecule is CCOC(=O)C1(NC(=O)[C@H](C)NC(=O)[C@@H](N)CC(C)C)CCCC1.O=C(O)CC(O)(CC(=O)O)C(=O)O. The highest BCUT2D eigenvalue weighted by Gasteiger charge is 2.44. The van der Waals surface area contributed by atoms with Gasteiger partial charge in [0, 0.05) is 0 Å². The Kier molecular flexibility index (Phi) is 13.8. The lowest BCUT2D eigenvalue weighted by Crippen LogP contribution is -2.59. The molecule has 1 aliphatic carbocycles. The zero-order chi connectivity index (χ0) is 29.0. The van der Waals surface area contributed by atoms with Crippen molar-refractivity contribution >= 4 is 35.7 Å². The van der Waals surface area contributed by atoms with Crippen LogP contribution < -0.4 is 16.4 Å². The Morgan fingerprint density at radius 3 is 1.81 bits per heavy atom. The van der Waals surface area contributed by atoms with E-state index in [-0.39, 0.29) is 12.5 Å². The van der Waals surface area contributed by atoms with Crippen LogP contribution in [0.15, 0.2) is 0 Å². The van der Waals surface area contributed by atoms with Crippen molar-refractivity contribution in [3.8, 4) is 0 Å². The Balaban J connectivity index is 0.000000845. The summed E-state index contributed by atoms with van der Waals surface area (Å²) >= 11 is 0. The van der Waals surface area contributed by atoms with Crippen LogP contribution in [0.25, 0.3) is 0 Å². The molecule has 0 unspecified atom stereocenters. The molecule has 1 saturated carbocycles. The monoisotopic (exact) mass is 533 g/mol. The predicted molar refractivity (Wildman–Crippen MR) is 128 cm³/mol. The van der Waals surface area contributed by atoms with Crippen molar-refractivity contribution in [3.63, 3.8) is 0 Å². The zero-order valence-corrected chi connectivity index (χ0v) is 21.6. The summed E-state index contributed by atoms with van der Waals surface area (Å²) < 4.78 is 5.11. The maximum absolute atomic E-state index is 12.4. The molecule has 1 rings (SSSR count).